The van der Waals surface area contributed by atoms with Crippen LogP contribution in [0.15, 0.2) is 84.9 Å². The molecule has 0 saturated carbocycles. The van der Waals surface area contributed by atoms with Crippen LogP contribution in [0.1, 0.15) is 45.9 Å². The van der Waals surface area contributed by atoms with Crippen LogP contribution in [0.3, 0.4) is 0 Å². The molecule has 0 aromatic heterocycles. The first-order chi connectivity index (χ1) is 14.7. The van der Waals surface area contributed by atoms with Gasteiger partial charge in [0.2, 0.25) is 5.91 Å². The zero-order valence-corrected chi connectivity index (χ0v) is 17.0. The van der Waals surface area contributed by atoms with E-state index in [1.54, 1.807) is 0 Å². The summed E-state index contributed by atoms with van der Waals surface area (Å²) >= 11 is 0. The van der Waals surface area contributed by atoms with E-state index in [4.69, 9.17) is 0 Å². The van der Waals surface area contributed by atoms with Gasteiger partial charge in [-0.25, -0.2) is 0 Å². The van der Waals surface area contributed by atoms with Gasteiger partial charge in [0.25, 0.3) is 5.91 Å². The van der Waals surface area contributed by atoms with Gasteiger partial charge in [-0.3, -0.25) is 9.59 Å². The molecule has 1 fully saturated rings. The molecule has 0 bridgehead atoms. The molecule has 4 rings (SSSR count). The third-order valence-electron chi connectivity index (χ3n) is 5.52. The summed E-state index contributed by atoms with van der Waals surface area (Å²) in [5.41, 5.74) is 3.85. The highest BCUT2D eigenvalue weighted by Crippen LogP contribution is 2.20. The van der Waals surface area contributed by atoms with Gasteiger partial charge in [0.1, 0.15) is 0 Å². The summed E-state index contributed by atoms with van der Waals surface area (Å²) in [6, 6.07) is 27.7. The molecule has 1 aliphatic rings. The summed E-state index contributed by atoms with van der Waals surface area (Å²) in [6.45, 7) is 1.36. The molecule has 0 aliphatic carbocycles. The largest absolute Gasteiger partial charge is 0.345 e. The third kappa shape index (κ3) is 4.95. The first-order valence-corrected chi connectivity index (χ1v) is 10.5. The number of benzene rings is 3. The lowest BCUT2D eigenvalue weighted by Crippen LogP contribution is -2.30. The van der Waals surface area contributed by atoms with Crippen molar-refractivity contribution in [3.63, 3.8) is 0 Å². The fourth-order valence-corrected chi connectivity index (χ4v) is 3.93. The Balaban J connectivity index is 1.50. The van der Waals surface area contributed by atoms with Crippen LogP contribution < -0.4 is 5.32 Å². The molecule has 0 spiro atoms. The number of amides is 2. The van der Waals surface area contributed by atoms with E-state index < -0.39 is 0 Å². The van der Waals surface area contributed by atoms with E-state index in [1.165, 1.54) is 5.56 Å². The highest BCUT2D eigenvalue weighted by atomic mass is 16.2. The van der Waals surface area contributed by atoms with Crippen molar-refractivity contribution in [3.05, 3.63) is 107 Å². The summed E-state index contributed by atoms with van der Waals surface area (Å²) in [5, 5.41) is 3.21. The minimum Gasteiger partial charge on any atom is -0.345 e. The van der Waals surface area contributed by atoms with Crippen molar-refractivity contribution in [3.8, 4) is 0 Å². The second-order valence-electron chi connectivity index (χ2n) is 7.75. The lowest BCUT2D eigenvalue weighted by Gasteiger charge is -2.20. The highest BCUT2D eigenvalue weighted by Gasteiger charge is 2.21. The van der Waals surface area contributed by atoms with Gasteiger partial charge in [0, 0.05) is 25.1 Å². The van der Waals surface area contributed by atoms with Crippen LogP contribution in [-0.2, 0) is 17.8 Å². The summed E-state index contributed by atoms with van der Waals surface area (Å²) in [5.74, 6) is 0.0891. The molecule has 152 valence electrons. The van der Waals surface area contributed by atoms with Gasteiger partial charge in [-0.15, -0.1) is 0 Å². The van der Waals surface area contributed by atoms with Gasteiger partial charge < -0.3 is 10.2 Å². The Labute approximate surface area is 177 Å². The zero-order valence-electron chi connectivity index (χ0n) is 17.0. The predicted molar refractivity (Wildman–Crippen MR) is 118 cm³/mol. The Bertz CT molecular complexity index is 1000. The van der Waals surface area contributed by atoms with Gasteiger partial charge >= 0.3 is 0 Å². The molecule has 1 atom stereocenters. The minimum absolute atomic E-state index is 0.102. The fourth-order valence-electron chi connectivity index (χ4n) is 3.93. The van der Waals surface area contributed by atoms with Crippen LogP contribution in [0.25, 0.3) is 0 Å². The van der Waals surface area contributed by atoms with Crippen LogP contribution >= 0.6 is 0 Å². The molecule has 1 N–H and O–H groups in total. The fraction of sp³-hybridized carbons (Fsp3) is 0.231. The van der Waals surface area contributed by atoms with Crippen molar-refractivity contribution in [2.24, 2.45) is 0 Å². The molecule has 1 saturated heterocycles. The molecular formula is C26H26N2O2. The first-order valence-electron chi connectivity index (χ1n) is 10.5. The van der Waals surface area contributed by atoms with Crippen molar-refractivity contribution in [1.82, 2.24) is 10.2 Å². The Kier molecular flexibility index (Phi) is 6.23. The summed E-state index contributed by atoms with van der Waals surface area (Å²) in [6.07, 6.45) is 2.26. The van der Waals surface area contributed by atoms with E-state index >= 15 is 0 Å². The van der Waals surface area contributed by atoms with Gasteiger partial charge in [0.15, 0.2) is 0 Å². The molecule has 1 heterocycles. The zero-order chi connectivity index (χ0) is 20.8. The van der Waals surface area contributed by atoms with E-state index in [0.29, 0.717) is 18.5 Å². The lowest BCUT2D eigenvalue weighted by molar-refractivity contribution is -0.128. The first kappa shape index (κ1) is 19.9. The normalized spacial score (nSPS) is 14.5. The van der Waals surface area contributed by atoms with Crippen molar-refractivity contribution < 1.29 is 9.59 Å². The molecule has 4 heteroatoms. The van der Waals surface area contributed by atoms with Gasteiger partial charge in [0.05, 0.1) is 6.04 Å². The average molecular weight is 399 g/mol. The molecule has 30 heavy (non-hydrogen) atoms. The molecule has 1 unspecified atom stereocenters. The number of nitrogens with one attached hydrogen (secondary N) is 1. The van der Waals surface area contributed by atoms with E-state index in [9.17, 15) is 9.59 Å². The van der Waals surface area contributed by atoms with Crippen LogP contribution in [-0.4, -0.2) is 23.3 Å². The second kappa shape index (κ2) is 9.40. The summed E-state index contributed by atoms with van der Waals surface area (Å²) in [7, 11) is 0. The maximum absolute atomic E-state index is 13.1. The quantitative estimate of drug-likeness (QED) is 0.636. The Morgan fingerprint density at radius 1 is 0.900 bits per heavy atom. The van der Waals surface area contributed by atoms with Crippen LogP contribution in [0.4, 0.5) is 0 Å². The molecule has 3 aromatic rings. The summed E-state index contributed by atoms with van der Waals surface area (Å²) in [4.78, 5) is 26.9. The predicted octanol–water partition coefficient (Wildman–Crippen LogP) is 4.52. The SMILES string of the molecule is O=C(NC(Cc1ccccc1)c1ccccc1)c1cccc(CN2CCCC2=O)c1. The van der Waals surface area contributed by atoms with Crippen molar-refractivity contribution in [2.45, 2.75) is 31.8 Å². The smallest absolute Gasteiger partial charge is 0.251 e. The molecule has 0 radical (unpaired) electrons. The Morgan fingerprint density at radius 3 is 2.30 bits per heavy atom. The van der Waals surface area contributed by atoms with Crippen LogP contribution in [0, 0.1) is 0 Å². The number of nitrogens with zero attached hydrogens (tertiary/aromatic N) is 1. The maximum atomic E-state index is 13.1. The minimum atomic E-state index is -0.120. The Hall–Kier alpha value is -3.40. The van der Waals surface area contributed by atoms with Gasteiger partial charge in [-0.2, -0.15) is 0 Å². The van der Waals surface area contributed by atoms with Crippen molar-refractivity contribution in [2.75, 3.05) is 6.54 Å². The van der Waals surface area contributed by atoms with Crippen LogP contribution in [0.5, 0.6) is 0 Å². The highest BCUT2D eigenvalue weighted by molar-refractivity contribution is 5.94. The number of rotatable bonds is 7. The number of likely N-dealkylation sites (tertiary alicyclic amines) is 1. The standard InChI is InChI=1S/C26H26N2O2/c29-25-15-8-16-28(25)19-21-11-7-14-23(17-21)26(30)27-24(22-12-5-2-6-13-22)18-20-9-3-1-4-10-20/h1-7,9-14,17,24H,8,15-16,18-19H2,(H,27,30). The number of carbonyl (C=O) groups is 2. The van der Waals surface area contributed by atoms with Gasteiger partial charge in [-0.1, -0.05) is 72.8 Å². The van der Waals surface area contributed by atoms with E-state index in [2.05, 4.69) is 17.4 Å². The topological polar surface area (TPSA) is 49.4 Å². The lowest BCUT2D eigenvalue weighted by atomic mass is 9.98. The molecule has 4 nitrogen and oxygen atoms in total. The Morgan fingerprint density at radius 2 is 1.60 bits per heavy atom. The third-order valence-corrected chi connectivity index (χ3v) is 5.52. The molecule has 1 aliphatic heterocycles. The summed E-state index contributed by atoms with van der Waals surface area (Å²) < 4.78 is 0. The maximum Gasteiger partial charge on any atom is 0.251 e. The molecular weight excluding hydrogens is 372 g/mol. The second-order valence-corrected chi connectivity index (χ2v) is 7.75. The van der Waals surface area contributed by atoms with E-state index in [1.807, 2.05) is 77.7 Å². The molecule has 2 amide bonds. The van der Waals surface area contributed by atoms with E-state index in [-0.39, 0.29) is 17.9 Å². The van der Waals surface area contributed by atoms with Crippen molar-refractivity contribution >= 4 is 11.8 Å². The monoisotopic (exact) mass is 398 g/mol. The number of hydrogen-bond donors (Lipinski definition) is 1. The average Bonchev–Trinajstić information content (AvgIpc) is 3.19. The molecule has 3 aromatic carbocycles. The number of hydrogen-bond acceptors (Lipinski definition) is 2. The van der Waals surface area contributed by atoms with Crippen molar-refractivity contribution in [1.29, 1.82) is 0 Å². The number of carbonyl (C=O) groups excluding carboxylic acids is 2. The van der Waals surface area contributed by atoms with E-state index in [0.717, 1.165) is 30.5 Å². The van der Waals surface area contributed by atoms with Crippen LogP contribution in [0.2, 0.25) is 0 Å². The van der Waals surface area contributed by atoms with Gasteiger partial charge in [-0.05, 0) is 41.7 Å².